The van der Waals surface area contributed by atoms with Gasteiger partial charge >= 0.3 is 0 Å². The van der Waals surface area contributed by atoms with Gasteiger partial charge < -0.3 is 9.64 Å². The van der Waals surface area contributed by atoms with Crippen molar-refractivity contribution < 1.29 is 22.7 Å². The molecule has 2 fully saturated rings. The van der Waals surface area contributed by atoms with Gasteiger partial charge in [-0.05, 0) is 6.42 Å². The Morgan fingerprint density at radius 2 is 1.94 bits per heavy atom. The van der Waals surface area contributed by atoms with Gasteiger partial charge in [0.25, 0.3) is 0 Å². The Labute approximate surface area is 106 Å². The number of hydrogen-bond acceptors (Lipinski definition) is 5. The largest absolute Gasteiger partial charge is 0.378 e. The highest BCUT2D eigenvalue weighted by Gasteiger charge is 2.43. The first-order valence-corrected chi connectivity index (χ1v) is 7.65. The van der Waals surface area contributed by atoms with Crippen LogP contribution >= 0.6 is 0 Å². The number of carbonyl (C=O) groups is 2. The number of morpholine rings is 1. The number of carbonyl (C=O) groups excluding carboxylic acids is 2. The van der Waals surface area contributed by atoms with Gasteiger partial charge in [-0.25, -0.2) is 12.7 Å². The Bertz CT molecular complexity index is 455. The summed E-state index contributed by atoms with van der Waals surface area (Å²) in [6.45, 7) is 1.79. The fourth-order valence-electron chi connectivity index (χ4n) is 2.30. The van der Waals surface area contributed by atoms with Crippen LogP contribution in [-0.2, 0) is 24.3 Å². The summed E-state index contributed by atoms with van der Waals surface area (Å²) in [5.74, 6) is -0.793. The normalized spacial score (nSPS) is 25.6. The Hall–Kier alpha value is -1.15. The van der Waals surface area contributed by atoms with Crippen molar-refractivity contribution in [1.82, 2.24) is 9.21 Å². The van der Waals surface area contributed by atoms with Crippen molar-refractivity contribution in [3.63, 3.8) is 0 Å². The molecule has 2 aliphatic rings. The van der Waals surface area contributed by atoms with Crippen LogP contribution in [0.15, 0.2) is 0 Å². The maximum Gasteiger partial charge on any atom is 0.246 e. The first kappa shape index (κ1) is 13.3. The molecular weight excluding hydrogens is 260 g/mol. The second-order valence-electron chi connectivity index (χ2n) is 4.44. The highest BCUT2D eigenvalue weighted by Crippen LogP contribution is 2.23. The molecule has 0 N–H and O–H groups in total. The number of amides is 2. The van der Waals surface area contributed by atoms with Crippen LogP contribution in [0.1, 0.15) is 12.8 Å². The summed E-state index contributed by atoms with van der Waals surface area (Å²) >= 11 is 0. The molecule has 0 aliphatic carbocycles. The lowest BCUT2D eigenvalue weighted by Crippen LogP contribution is -2.51. The van der Waals surface area contributed by atoms with Gasteiger partial charge in [0, 0.05) is 19.5 Å². The van der Waals surface area contributed by atoms with E-state index in [1.807, 2.05) is 0 Å². The minimum absolute atomic E-state index is 0.105. The SMILES string of the molecule is CS(=O)(=O)N1C(=O)CCC1C(=O)N1CCOCC1. The van der Waals surface area contributed by atoms with Crippen LogP contribution in [0.25, 0.3) is 0 Å². The molecule has 8 heteroatoms. The van der Waals surface area contributed by atoms with Crippen molar-refractivity contribution in [3.8, 4) is 0 Å². The minimum atomic E-state index is -3.68. The van der Waals surface area contributed by atoms with Crippen molar-refractivity contribution in [2.75, 3.05) is 32.6 Å². The van der Waals surface area contributed by atoms with Crippen LogP contribution in [0.5, 0.6) is 0 Å². The van der Waals surface area contributed by atoms with Gasteiger partial charge in [0.15, 0.2) is 0 Å². The molecule has 7 nitrogen and oxygen atoms in total. The zero-order valence-electron chi connectivity index (χ0n) is 10.2. The molecule has 102 valence electrons. The summed E-state index contributed by atoms with van der Waals surface area (Å²) in [5, 5.41) is 0. The number of rotatable bonds is 2. The summed E-state index contributed by atoms with van der Waals surface area (Å²) in [7, 11) is -3.68. The molecule has 2 saturated heterocycles. The molecule has 18 heavy (non-hydrogen) atoms. The molecule has 2 heterocycles. The van der Waals surface area contributed by atoms with E-state index in [1.165, 1.54) is 0 Å². The standard InChI is InChI=1S/C10H16N2O5S/c1-18(15,16)12-8(2-3-9(12)13)10(14)11-4-6-17-7-5-11/h8H,2-7H2,1H3. The summed E-state index contributed by atoms with van der Waals surface area (Å²) < 4.78 is 29.0. The van der Waals surface area contributed by atoms with Gasteiger partial charge in [-0.3, -0.25) is 9.59 Å². The van der Waals surface area contributed by atoms with Crippen molar-refractivity contribution >= 4 is 21.8 Å². The van der Waals surface area contributed by atoms with Crippen LogP contribution in [0, 0.1) is 0 Å². The van der Waals surface area contributed by atoms with Crippen molar-refractivity contribution in [3.05, 3.63) is 0 Å². The fraction of sp³-hybridized carbons (Fsp3) is 0.800. The third kappa shape index (κ3) is 2.49. The van der Waals surface area contributed by atoms with E-state index in [1.54, 1.807) is 4.90 Å². The predicted molar refractivity (Wildman–Crippen MR) is 62.1 cm³/mol. The Kier molecular flexibility index (Phi) is 3.58. The van der Waals surface area contributed by atoms with Crippen molar-refractivity contribution in [1.29, 1.82) is 0 Å². The average Bonchev–Trinajstić information content (AvgIpc) is 2.71. The first-order chi connectivity index (χ1) is 8.41. The molecule has 0 aromatic rings. The Balaban J connectivity index is 2.16. The molecule has 2 amide bonds. The molecule has 0 spiro atoms. The summed E-state index contributed by atoms with van der Waals surface area (Å²) in [5.41, 5.74) is 0. The van der Waals surface area contributed by atoms with E-state index in [-0.39, 0.29) is 18.7 Å². The number of nitrogens with zero attached hydrogens (tertiary/aromatic N) is 2. The third-order valence-corrected chi connectivity index (χ3v) is 4.30. The summed E-state index contributed by atoms with van der Waals surface area (Å²) in [6, 6.07) is -0.870. The van der Waals surface area contributed by atoms with E-state index in [0.29, 0.717) is 26.3 Å². The van der Waals surface area contributed by atoms with Crippen molar-refractivity contribution in [2.45, 2.75) is 18.9 Å². The monoisotopic (exact) mass is 276 g/mol. The van der Waals surface area contributed by atoms with Crippen LogP contribution in [0.2, 0.25) is 0 Å². The molecule has 2 aliphatic heterocycles. The highest BCUT2D eigenvalue weighted by atomic mass is 32.2. The van der Waals surface area contributed by atoms with Gasteiger partial charge in [-0.15, -0.1) is 0 Å². The third-order valence-electron chi connectivity index (χ3n) is 3.13. The van der Waals surface area contributed by atoms with Gasteiger partial charge in [0.2, 0.25) is 21.8 Å². The molecule has 0 saturated carbocycles. The van der Waals surface area contributed by atoms with Crippen molar-refractivity contribution in [2.24, 2.45) is 0 Å². The molecule has 0 bridgehead atoms. The lowest BCUT2D eigenvalue weighted by Gasteiger charge is -2.31. The van der Waals surface area contributed by atoms with Crippen LogP contribution in [0.4, 0.5) is 0 Å². The number of sulfonamides is 1. The second-order valence-corrected chi connectivity index (χ2v) is 6.30. The molecule has 1 unspecified atom stereocenters. The maximum absolute atomic E-state index is 12.2. The van der Waals surface area contributed by atoms with E-state index >= 15 is 0 Å². The molecule has 1 atom stereocenters. The van der Waals surface area contributed by atoms with E-state index in [4.69, 9.17) is 4.74 Å². The van der Waals surface area contributed by atoms with Crippen LogP contribution in [-0.4, -0.2) is 68.0 Å². The van der Waals surface area contributed by atoms with E-state index in [0.717, 1.165) is 10.6 Å². The van der Waals surface area contributed by atoms with Gasteiger partial charge in [-0.2, -0.15) is 0 Å². The van der Waals surface area contributed by atoms with Gasteiger partial charge in [0.1, 0.15) is 6.04 Å². The lowest BCUT2D eigenvalue weighted by molar-refractivity contribution is -0.141. The van der Waals surface area contributed by atoms with Gasteiger partial charge in [-0.1, -0.05) is 0 Å². The highest BCUT2D eigenvalue weighted by molar-refractivity contribution is 7.89. The van der Waals surface area contributed by atoms with Crippen LogP contribution in [0.3, 0.4) is 0 Å². The number of ether oxygens (including phenoxy) is 1. The van der Waals surface area contributed by atoms with Gasteiger partial charge in [0.05, 0.1) is 19.5 Å². The molecule has 0 aromatic heterocycles. The summed E-state index contributed by atoms with van der Waals surface area (Å²) in [4.78, 5) is 25.3. The lowest BCUT2D eigenvalue weighted by atomic mass is 10.2. The minimum Gasteiger partial charge on any atom is -0.378 e. The average molecular weight is 276 g/mol. The molecule has 0 radical (unpaired) electrons. The zero-order chi connectivity index (χ0) is 13.3. The first-order valence-electron chi connectivity index (χ1n) is 5.80. The zero-order valence-corrected chi connectivity index (χ0v) is 11.0. The van der Waals surface area contributed by atoms with E-state index in [9.17, 15) is 18.0 Å². The summed E-state index contributed by atoms with van der Waals surface area (Å²) in [6.07, 6.45) is 1.33. The topological polar surface area (TPSA) is 84.0 Å². The fourth-order valence-corrected chi connectivity index (χ4v) is 3.41. The Morgan fingerprint density at radius 1 is 1.33 bits per heavy atom. The van der Waals surface area contributed by atoms with Crippen LogP contribution < -0.4 is 0 Å². The quantitative estimate of drug-likeness (QED) is 0.632. The Morgan fingerprint density at radius 3 is 2.50 bits per heavy atom. The number of hydrogen-bond donors (Lipinski definition) is 0. The van der Waals surface area contributed by atoms with E-state index < -0.39 is 22.0 Å². The predicted octanol–water partition coefficient (Wildman–Crippen LogP) is -1.20. The maximum atomic E-state index is 12.2. The molecular formula is C10H16N2O5S. The van der Waals surface area contributed by atoms with E-state index in [2.05, 4.69) is 0 Å². The molecule has 0 aromatic carbocycles. The molecule has 2 rings (SSSR count). The second kappa shape index (κ2) is 4.85. The smallest absolute Gasteiger partial charge is 0.246 e.